The van der Waals surface area contributed by atoms with Crippen LogP contribution >= 0.6 is 0 Å². The van der Waals surface area contributed by atoms with Gasteiger partial charge in [0, 0.05) is 0 Å². The summed E-state index contributed by atoms with van der Waals surface area (Å²) in [7, 11) is 0. The smallest absolute Gasteiger partial charge is 0.00820 e. The summed E-state index contributed by atoms with van der Waals surface area (Å²) in [6.45, 7) is 4.51. The maximum atomic E-state index is 2.37. The van der Waals surface area contributed by atoms with E-state index in [1.807, 2.05) is 0 Å². The van der Waals surface area contributed by atoms with Crippen LogP contribution in [0.25, 0.3) is 5.57 Å². The second-order valence-corrected chi connectivity index (χ2v) is 5.26. The average molecular weight is 234 g/mol. The SMILES string of the molecule is CC(C)C1=CC2=C(c3ccccc3)CC=CC2=C1. The first kappa shape index (κ1) is 11.3. The van der Waals surface area contributed by atoms with Crippen molar-refractivity contribution < 1.29 is 0 Å². The van der Waals surface area contributed by atoms with Crippen LogP contribution in [0.2, 0.25) is 0 Å². The van der Waals surface area contributed by atoms with Crippen molar-refractivity contribution in [3.8, 4) is 0 Å². The molecule has 0 saturated carbocycles. The highest BCUT2D eigenvalue weighted by atomic mass is 14.2. The van der Waals surface area contributed by atoms with Crippen LogP contribution in [-0.2, 0) is 0 Å². The monoisotopic (exact) mass is 234 g/mol. The van der Waals surface area contributed by atoms with E-state index in [9.17, 15) is 0 Å². The Morgan fingerprint density at radius 3 is 2.50 bits per heavy atom. The molecule has 0 nitrogen and oxygen atoms in total. The molecule has 0 N–H and O–H groups in total. The Balaban J connectivity index is 2.11. The maximum Gasteiger partial charge on any atom is -0.00820 e. The van der Waals surface area contributed by atoms with E-state index in [1.165, 1.54) is 27.9 Å². The van der Waals surface area contributed by atoms with Crippen LogP contribution in [0, 0.1) is 5.92 Å². The standard InChI is InChI=1S/C18H18/c1-13(2)16-11-15-9-6-10-17(18(15)12-16)14-7-4-3-5-8-14/h3-9,11-13H,10H2,1-2H3. The number of hydrogen-bond acceptors (Lipinski definition) is 0. The molecule has 0 spiro atoms. The first-order valence-corrected chi connectivity index (χ1v) is 6.64. The van der Waals surface area contributed by atoms with Crippen molar-refractivity contribution in [1.82, 2.24) is 0 Å². The highest BCUT2D eigenvalue weighted by Gasteiger charge is 2.19. The first-order valence-electron chi connectivity index (χ1n) is 6.64. The van der Waals surface area contributed by atoms with Crippen LogP contribution in [0.3, 0.4) is 0 Å². The van der Waals surface area contributed by atoms with Crippen LogP contribution < -0.4 is 0 Å². The molecule has 0 aromatic heterocycles. The molecule has 2 aliphatic carbocycles. The van der Waals surface area contributed by atoms with E-state index in [2.05, 4.69) is 68.5 Å². The van der Waals surface area contributed by atoms with Gasteiger partial charge < -0.3 is 0 Å². The van der Waals surface area contributed by atoms with Gasteiger partial charge in [0.1, 0.15) is 0 Å². The molecule has 1 aromatic rings. The second-order valence-electron chi connectivity index (χ2n) is 5.26. The molecule has 0 bridgehead atoms. The molecule has 0 saturated heterocycles. The highest BCUT2D eigenvalue weighted by Crippen LogP contribution is 2.38. The van der Waals surface area contributed by atoms with Gasteiger partial charge in [0.15, 0.2) is 0 Å². The van der Waals surface area contributed by atoms with E-state index in [0.29, 0.717) is 5.92 Å². The van der Waals surface area contributed by atoms with Crippen molar-refractivity contribution in [3.63, 3.8) is 0 Å². The lowest BCUT2D eigenvalue weighted by molar-refractivity contribution is 0.794. The Morgan fingerprint density at radius 2 is 1.78 bits per heavy atom. The zero-order valence-electron chi connectivity index (χ0n) is 11.0. The summed E-state index contributed by atoms with van der Waals surface area (Å²) >= 11 is 0. The Morgan fingerprint density at radius 1 is 1.00 bits per heavy atom. The fourth-order valence-corrected chi connectivity index (χ4v) is 2.61. The van der Waals surface area contributed by atoms with Gasteiger partial charge in [0.2, 0.25) is 0 Å². The van der Waals surface area contributed by atoms with E-state index in [0.717, 1.165) is 6.42 Å². The summed E-state index contributed by atoms with van der Waals surface area (Å²) in [4.78, 5) is 0. The summed E-state index contributed by atoms with van der Waals surface area (Å²) in [5, 5.41) is 0. The van der Waals surface area contributed by atoms with Crippen LogP contribution in [-0.4, -0.2) is 0 Å². The topological polar surface area (TPSA) is 0 Å². The molecule has 18 heavy (non-hydrogen) atoms. The van der Waals surface area contributed by atoms with Gasteiger partial charge in [-0.3, -0.25) is 0 Å². The summed E-state index contributed by atoms with van der Waals surface area (Å²) in [5.74, 6) is 0.598. The quantitative estimate of drug-likeness (QED) is 0.681. The second kappa shape index (κ2) is 4.45. The predicted molar refractivity (Wildman–Crippen MR) is 78.1 cm³/mol. The lowest BCUT2D eigenvalue weighted by Crippen LogP contribution is -1.94. The maximum absolute atomic E-state index is 2.37. The minimum Gasteiger partial charge on any atom is -0.0795 e. The molecule has 0 radical (unpaired) electrons. The highest BCUT2D eigenvalue weighted by molar-refractivity contribution is 5.81. The molecule has 0 heteroatoms. The van der Waals surface area contributed by atoms with E-state index in [-0.39, 0.29) is 0 Å². The molecular formula is C18H18. The number of hydrogen-bond donors (Lipinski definition) is 0. The summed E-state index contributed by atoms with van der Waals surface area (Å²) in [5.41, 5.74) is 7.06. The zero-order valence-corrected chi connectivity index (χ0v) is 11.0. The van der Waals surface area contributed by atoms with Gasteiger partial charge in [-0.1, -0.05) is 68.5 Å². The van der Waals surface area contributed by atoms with Gasteiger partial charge in [0.25, 0.3) is 0 Å². The Hall–Kier alpha value is -1.82. The molecule has 0 fully saturated rings. The number of fused-ring (bicyclic) bond motifs is 1. The molecule has 0 heterocycles. The molecule has 2 aliphatic rings. The number of rotatable bonds is 2. The lowest BCUT2D eigenvalue weighted by atomic mass is 9.90. The van der Waals surface area contributed by atoms with E-state index < -0.39 is 0 Å². The van der Waals surface area contributed by atoms with E-state index in [1.54, 1.807) is 0 Å². The van der Waals surface area contributed by atoms with Gasteiger partial charge >= 0.3 is 0 Å². The molecular weight excluding hydrogens is 216 g/mol. The minimum atomic E-state index is 0.598. The van der Waals surface area contributed by atoms with Gasteiger partial charge in [-0.25, -0.2) is 0 Å². The van der Waals surface area contributed by atoms with Crippen molar-refractivity contribution >= 4 is 5.57 Å². The molecule has 0 amide bonds. The Labute approximate surface area is 109 Å². The average Bonchev–Trinajstić information content (AvgIpc) is 2.83. The van der Waals surface area contributed by atoms with Crippen molar-refractivity contribution in [2.24, 2.45) is 5.92 Å². The summed E-state index contributed by atoms with van der Waals surface area (Å²) < 4.78 is 0. The largest absolute Gasteiger partial charge is 0.0795 e. The van der Waals surface area contributed by atoms with Crippen LogP contribution in [0.1, 0.15) is 25.8 Å². The van der Waals surface area contributed by atoms with Crippen LogP contribution in [0.15, 0.2) is 71.4 Å². The van der Waals surface area contributed by atoms with Gasteiger partial charge in [-0.05, 0) is 40.2 Å². The third-order valence-electron chi connectivity index (χ3n) is 3.68. The molecule has 0 unspecified atom stereocenters. The Bertz CT molecular complexity index is 578. The van der Waals surface area contributed by atoms with E-state index >= 15 is 0 Å². The molecule has 1 aromatic carbocycles. The number of allylic oxidation sites excluding steroid dienone is 8. The fraction of sp³-hybridized carbons (Fsp3) is 0.222. The summed E-state index contributed by atoms with van der Waals surface area (Å²) in [6, 6.07) is 10.7. The third kappa shape index (κ3) is 1.88. The molecule has 3 rings (SSSR count). The minimum absolute atomic E-state index is 0.598. The summed E-state index contributed by atoms with van der Waals surface area (Å²) in [6.07, 6.45) is 10.3. The van der Waals surface area contributed by atoms with Gasteiger partial charge in [-0.15, -0.1) is 0 Å². The normalized spacial score (nSPS) is 17.9. The lowest BCUT2D eigenvalue weighted by Gasteiger charge is -2.14. The van der Waals surface area contributed by atoms with Crippen LogP contribution in [0.4, 0.5) is 0 Å². The Kier molecular flexibility index (Phi) is 2.79. The zero-order chi connectivity index (χ0) is 12.5. The fourth-order valence-electron chi connectivity index (χ4n) is 2.61. The van der Waals surface area contributed by atoms with Crippen molar-refractivity contribution in [1.29, 1.82) is 0 Å². The first-order chi connectivity index (χ1) is 8.75. The van der Waals surface area contributed by atoms with Gasteiger partial charge in [0.05, 0.1) is 0 Å². The third-order valence-corrected chi connectivity index (χ3v) is 3.68. The molecule has 0 aliphatic heterocycles. The predicted octanol–water partition coefficient (Wildman–Crippen LogP) is 4.92. The van der Waals surface area contributed by atoms with Crippen LogP contribution in [0.5, 0.6) is 0 Å². The molecule has 90 valence electrons. The molecule has 0 atom stereocenters. The number of benzene rings is 1. The van der Waals surface area contributed by atoms with Crippen molar-refractivity contribution in [3.05, 3.63) is 76.9 Å². The van der Waals surface area contributed by atoms with Crippen molar-refractivity contribution in [2.45, 2.75) is 20.3 Å². The van der Waals surface area contributed by atoms with Crippen molar-refractivity contribution in [2.75, 3.05) is 0 Å². The van der Waals surface area contributed by atoms with E-state index in [4.69, 9.17) is 0 Å². The van der Waals surface area contributed by atoms with Gasteiger partial charge in [-0.2, -0.15) is 0 Å².